The van der Waals surface area contributed by atoms with Gasteiger partial charge in [-0.25, -0.2) is 0 Å². The average molecular weight is 273 g/mol. The molecule has 0 spiro atoms. The molecule has 2 rings (SSSR count). The van der Waals surface area contributed by atoms with E-state index in [1.165, 1.54) is 6.20 Å². The van der Waals surface area contributed by atoms with Gasteiger partial charge in [-0.3, -0.25) is 0 Å². The summed E-state index contributed by atoms with van der Waals surface area (Å²) < 4.78 is 13.0. The lowest BCUT2D eigenvalue weighted by Crippen LogP contribution is -2.35. The Hall–Kier alpha value is -0.760. The Bertz CT molecular complexity index is 343. The molecule has 18 heavy (non-hydrogen) atoms. The largest absolute Gasteiger partial charge is 0.473 e. The van der Waals surface area contributed by atoms with Crippen molar-refractivity contribution in [3.8, 4) is 5.88 Å². The number of nitrogens with one attached hydrogen (secondary N) is 1. The van der Waals surface area contributed by atoms with E-state index < -0.39 is 6.10 Å². The van der Waals surface area contributed by atoms with E-state index in [1.54, 1.807) is 0 Å². The molecule has 0 aliphatic heterocycles. The third-order valence-corrected chi connectivity index (χ3v) is 3.71. The summed E-state index contributed by atoms with van der Waals surface area (Å²) in [6.07, 6.45) is 4.15. The molecule has 1 heterocycles. The Morgan fingerprint density at radius 1 is 1.56 bits per heavy atom. The number of hydrogen-bond acceptors (Lipinski definition) is 7. The van der Waals surface area contributed by atoms with E-state index in [2.05, 4.69) is 14.1 Å². The van der Waals surface area contributed by atoms with Crippen LogP contribution < -0.4 is 10.1 Å². The molecule has 1 aromatic heterocycles. The molecule has 0 amide bonds. The zero-order valence-electron chi connectivity index (χ0n) is 10.2. The molecule has 0 radical (unpaired) electrons. The highest BCUT2D eigenvalue weighted by Gasteiger charge is 2.41. The summed E-state index contributed by atoms with van der Waals surface area (Å²) >= 11 is 1.08. The molecule has 3 N–H and O–H groups in total. The second-order valence-electron chi connectivity index (χ2n) is 4.82. The number of rotatable bonds is 9. The molecule has 6 nitrogen and oxygen atoms in total. The third-order valence-electron chi connectivity index (χ3n) is 3.24. The van der Waals surface area contributed by atoms with Crippen molar-refractivity contribution in [2.45, 2.75) is 25.4 Å². The van der Waals surface area contributed by atoms with Crippen molar-refractivity contribution >= 4 is 11.7 Å². The van der Waals surface area contributed by atoms with E-state index in [9.17, 15) is 5.11 Å². The molecule has 0 aromatic carbocycles. The molecule has 1 fully saturated rings. The highest BCUT2D eigenvalue weighted by Crippen LogP contribution is 2.47. The molecule has 1 saturated carbocycles. The van der Waals surface area contributed by atoms with Crippen molar-refractivity contribution in [3.63, 3.8) is 0 Å². The third kappa shape index (κ3) is 4.16. The van der Waals surface area contributed by atoms with Crippen molar-refractivity contribution in [1.29, 1.82) is 0 Å². The minimum Gasteiger partial charge on any atom is -0.473 e. The topological polar surface area (TPSA) is 87.5 Å². The lowest BCUT2D eigenvalue weighted by Gasteiger charge is -2.16. The van der Waals surface area contributed by atoms with Gasteiger partial charge in [0.05, 0.1) is 11.7 Å². The van der Waals surface area contributed by atoms with Crippen molar-refractivity contribution < 1.29 is 14.9 Å². The molecule has 0 saturated heterocycles. The zero-order chi connectivity index (χ0) is 12.8. The van der Waals surface area contributed by atoms with Gasteiger partial charge in [0.25, 0.3) is 0 Å². The molecule has 1 unspecified atom stereocenters. The van der Waals surface area contributed by atoms with Crippen LogP contribution in [0.1, 0.15) is 19.3 Å². The van der Waals surface area contributed by atoms with Crippen molar-refractivity contribution in [3.05, 3.63) is 6.20 Å². The highest BCUT2D eigenvalue weighted by atomic mass is 32.1. The summed E-state index contributed by atoms with van der Waals surface area (Å²) in [6.45, 7) is 1.79. The number of aromatic nitrogens is 2. The van der Waals surface area contributed by atoms with Crippen molar-refractivity contribution in [1.82, 2.24) is 14.1 Å². The van der Waals surface area contributed by atoms with Gasteiger partial charge < -0.3 is 20.3 Å². The molecular weight excluding hydrogens is 254 g/mol. The Labute approximate surface area is 110 Å². The van der Waals surface area contributed by atoms with Gasteiger partial charge in [0.1, 0.15) is 18.9 Å². The Morgan fingerprint density at radius 3 is 3.00 bits per heavy atom. The molecule has 0 bridgehead atoms. The van der Waals surface area contributed by atoms with Crippen molar-refractivity contribution in [2.24, 2.45) is 5.41 Å². The number of ether oxygens (including phenoxy) is 1. The molecular formula is C11H19N3O3S. The molecule has 1 aliphatic rings. The van der Waals surface area contributed by atoms with Gasteiger partial charge in [-0.15, -0.1) is 4.37 Å². The fourth-order valence-electron chi connectivity index (χ4n) is 1.89. The molecule has 102 valence electrons. The van der Waals surface area contributed by atoms with Crippen LogP contribution in [0.3, 0.4) is 0 Å². The predicted molar refractivity (Wildman–Crippen MR) is 67.7 cm³/mol. The standard InChI is InChI=1S/C11H19N3O3S/c15-4-3-11(1-2-11)8-12-5-9(16)7-17-10-6-13-18-14-10/h6,9,12,15-16H,1-5,7-8H2. The van der Waals surface area contributed by atoms with Gasteiger partial charge >= 0.3 is 0 Å². The van der Waals surface area contributed by atoms with E-state index in [-0.39, 0.29) is 18.6 Å². The Balaban J connectivity index is 1.56. The normalized spacial score (nSPS) is 18.6. The molecule has 7 heteroatoms. The summed E-state index contributed by atoms with van der Waals surface area (Å²) in [5.41, 5.74) is 0.272. The highest BCUT2D eigenvalue weighted by molar-refractivity contribution is 6.99. The molecule has 1 atom stereocenters. The van der Waals surface area contributed by atoms with E-state index in [4.69, 9.17) is 9.84 Å². The summed E-state index contributed by atoms with van der Waals surface area (Å²) in [6, 6.07) is 0. The number of aliphatic hydroxyl groups is 2. The van der Waals surface area contributed by atoms with Crippen LogP contribution in [-0.4, -0.2) is 51.4 Å². The SMILES string of the molecule is OCCC1(CNCC(O)COc2cnsn2)CC1. The van der Waals surface area contributed by atoms with Crippen LogP contribution in [0.4, 0.5) is 0 Å². The van der Waals surface area contributed by atoms with E-state index >= 15 is 0 Å². The second-order valence-corrected chi connectivity index (χ2v) is 5.37. The first-order valence-corrected chi connectivity index (χ1v) is 6.87. The summed E-state index contributed by atoms with van der Waals surface area (Å²) in [7, 11) is 0. The van der Waals surface area contributed by atoms with Gasteiger partial charge in [-0.05, 0) is 24.7 Å². The lowest BCUT2D eigenvalue weighted by atomic mass is 10.0. The Morgan fingerprint density at radius 2 is 2.39 bits per heavy atom. The van der Waals surface area contributed by atoms with Crippen LogP contribution in [-0.2, 0) is 0 Å². The van der Waals surface area contributed by atoms with Crippen LogP contribution in [0.5, 0.6) is 5.88 Å². The predicted octanol–water partition coefficient (Wildman–Crippen LogP) is 0.0300. The van der Waals surface area contributed by atoms with E-state index in [0.717, 1.165) is 37.5 Å². The fourth-order valence-corrected chi connectivity index (χ4v) is 2.26. The minimum absolute atomic E-state index is 0.214. The quantitative estimate of drug-likeness (QED) is 0.588. The number of hydrogen-bond donors (Lipinski definition) is 3. The first-order chi connectivity index (χ1) is 8.74. The Kier molecular flexibility index (Phi) is 4.87. The first kappa shape index (κ1) is 13.7. The van der Waals surface area contributed by atoms with Gasteiger partial charge in [0, 0.05) is 19.7 Å². The van der Waals surface area contributed by atoms with Gasteiger partial charge in [0.2, 0.25) is 5.88 Å². The van der Waals surface area contributed by atoms with E-state index in [0.29, 0.717) is 12.4 Å². The van der Waals surface area contributed by atoms with Gasteiger partial charge in [-0.2, -0.15) is 4.37 Å². The molecule has 1 aliphatic carbocycles. The van der Waals surface area contributed by atoms with E-state index in [1.807, 2.05) is 0 Å². The zero-order valence-corrected chi connectivity index (χ0v) is 11.0. The average Bonchev–Trinajstić information content (AvgIpc) is 2.93. The first-order valence-electron chi connectivity index (χ1n) is 6.14. The smallest absolute Gasteiger partial charge is 0.245 e. The lowest BCUT2D eigenvalue weighted by molar-refractivity contribution is 0.102. The fraction of sp³-hybridized carbons (Fsp3) is 0.818. The minimum atomic E-state index is -0.559. The summed E-state index contributed by atoms with van der Waals surface area (Å²) in [5, 5.41) is 21.9. The molecule has 1 aromatic rings. The maximum atomic E-state index is 9.71. The number of aliphatic hydroxyl groups excluding tert-OH is 2. The van der Waals surface area contributed by atoms with Crippen LogP contribution in [0.2, 0.25) is 0 Å². The van der Waals surface area contributed by atoms with Crippen molar-refractivity contribution in [2.75, 3.05) is 26.3 Å². The van der Waals surface area contributed by atoms with Gasteiger partial charge in [0.15, 0.2) is 0 Å². The van der Waals surface area contributed by atoms with Gasteiger partial charge in [-0.1, -0.05) is 0 Å². The van der Waals surface area contributed by atoms with Crippen LogP contribution in [0.15, 0.2) is 6.20 Å². The van der Waals surface area contributed by atoms with Crippen LogP contribution in [0.25, 0.3) is 0 Å². The van der Waals surface area contributed by atoms with Crippen LogP contribution >= 0.6 is 11.7 Å². The summed E-state index contributed by atoms with van der Waals surface area (Å²) in [5.74, 6) is 0.456. The van der Waals surface area contributed by atoms with Crippen LogP contribution in [0, 0.1) is 5.41 Å². The maximum Gasteiger partial charge on any atom is 0.245 e. The maximum absolute atomic E-state index is 9.71. The monoisotopic (exact) mass is 273 g/mol. The summed E-state index contributed by atoms with van der Waals surface area (Å²) in [4.78, 5) is 0. The number of nitrogens with zero attached hydrogens (tertiary/aromatic N) is 2. The second kappa shape index (κ2) is 6.42.